The van der Waals surface area contributed by atoms with Crippen molar-refractivity contribution in [1.82, 2.24) is 0 Å². The van der Waals surface area contributed by atoms with Crippen LogP contribution < -0.4 is 14.5 Å². The van der Waals surface area contributed by atoms with E-state index < -0.39 is 0 Å². The number of hydrogen-bond acceptors (Lipinski definition) is 4. The molecule has 2 aliphatic rings. The second-order valence-electron chi connectivity index (χ2n) is 11.5. The van der Waals surface area contributed by atoms with Gasteiger partial charge in [0.1, 0.15) is 18.1 Å². The molecule has 5 aromatic carbocycles. The molecule has 6 nitrogen and oxygen atoms in total. The number of aromatic hydroxyl groups is 1. The van der Waals surface area contributed by atoms with Crippen molar-refractivity contribution < 1.29 is 19.4 Å². The fourth-order valence-electron chi connectivity index (χ4n) is 6.54. The Hall–Kier alpha value is -4.26. The SMILES string of the molecule is CC(=O)N1C[C@@H](CCl)c2c1cc(O)c1ccccc21.CC(=O)N1C[C@@H](CCl)c2c1cc(OCc1ccccc1)c1ccccc21. The number of halogens is 2. The summed E-state index contributed by atoms with van der Waals surface area (Å²) in [6.07, 6.45) is 0. The zero-order chi connectivity index (χ0) is 31.7. The summed E-state index contributed by atoms with van der Waals surface area (Å²) >= 11 is 12.3. The summed E-state index contributed by atoms with van der Waals surface area (Å²) in [6.45, 7) is 4.83. The van der Waals surface area contributed by atoms with Crippen LogP contribution in [-0.2, 0) is 16.2 Å². The Labute approximate surface area is 272 Å². The molecule has 0 radical (unpaired) electrons. The van der Waals surface area contributed by atoms with E-state index in [9.17, 15) is 14.7 Å². The van der Waals surface area contributed by atoms with Crippen molar-refractivity contribution >= 4 is 67.9 Å². The van der Waals surface area contributed by atoms with Gasteiger partial charge < -0.3 is 19.6 Å². The van der Waals surface area contributed by atoms with Crippen molar-refractivity contribution in [3.05, 3.63) is 108 Å². The Kier molecular flexibility index (Phi) is 8.88. The molecular weight excluding hydrogens is 607 g/mol. The van der Waals surface area contributed by atoms with Crippen LogP contribution in [0.4, 0.5) is 11.4 Å². The lowest BCUT2D eigenvalue weighted by Gasteiger charge is -2.18. The van der Waals surface area contributed by atoms with Crippen LogP contribution in [-0.4, -0.2) is 41.8 Å². The van der Waals surface area contributed by atoms with Gasteiger partial charge in [0, 0.05) is 73.4 Å². The minimum atomic E-state index is -0.0245. The summed E-state index contributed by atoms with van der Waals surface area (Å²) in [4.78, 5) is 27.4. The fraction of sp³-hybridized carbons (Fsp3) is 0.243. The third kappa shape index (κ3) is 5.81. The molecule has 0 bridgehead atoms. The summed E-state index contributed by atoms with van der Waals surface area (Å²) in [5.41, 5.74) is 5.04. The second-order valence-corrected chi connectivity index (χ2v) is 12.1. The smallest absolute Gasteiger partial charge is 0.223 e. The predicted octanol–water partition coefficient (Wildman–Crippen LogP) is 8.34. The third-order valence-corrected chi connectivity index (χ3v) is 9.39. The molecule has 0 spiro atoms. The highest BCUT2D eigenvalue weighted by atomic mass is 35.5. The van der Waals surface area contributed by atoms with E-state index in [0.717, 1.165) is 55.4 Å². The van der Waals surface area contributed by atoms with Gasteiger partial charge in [-0.3, -0.25) is 9.59 Å². The molecule has 2 amide bonds. The Morgan fingerprint density at radius 3 is 1.71 bits per heavy atom. The molecule has 0 aromatic heterocycles. The molecule has 1 N–H and O–H groups in total. The van der Waals surface area contributed by atoms with Crippen molar-refractivity contribution in [3.63, 3.8) is 0 Å². The first kappa shape index (κ1) is 30.8. The van der Waals surface area contributed by atoms with Gasteiger partial charge in [-0.15, -0.1) is 23.2 Å². The van der Waals surface area contributed by atoms with Crippen LogP contribution in [0, 0.1) is 0 Å². The molecule has 8 heteroatoms. The van der Waals surface area contributed by atoms with Crippen LogP contribution in [0.15, 0.2) is 91.0 Å². The van der Waals surface area contributed by atoms with Crippen LogP contribution in [0.3, 0.4) is 0 Å². The van der Waals surface area contributed by atoms with Gasteiger partial charge in [0.05, 0.1) is 11.4 Å². The van der Waals surface area contributed by atoms with Crippen molar-refractivity contribution in [2.24, 2.45) is 0 Å². The van der Waals surface area contributed by atoms with Gasteiger partial charge >= 0.3 is 0 Å². The molecule has 45 heavy (non-hydrogen) atoms. The number of alkyl halides is 2. The largest absolute Gasteiger partial charge is 0.507 e. The lowest BCUT2D eigenvalue weighted by Crippen LogP contribution is -2.27. The zero-order valence-corrected chi connectivity index (χ0v) is 26.7. The molecule has 0 unspecified atom stereocenters. The van der Waals surface area contributed by atoms with Gasteiger partial charge in [-0.25, -0.2) is 0 Å². The summed E-state index contributed by atoms with van der Waals surface area (Å²) in [5, 5.41) is 14.1. The number of anilines is 2. The predicted molar refractivity (Wildman–Crippen MR) is 183 cm³/mol. The number of carbonyl (C=O) groups is 2. The third-order valence-electron chi connectivity index (χ3n) is 8.64. The highest BCUT2D eigenvalue weighted by Crippen LogP contribution is 2.46. The van der Waals surface area contributed by atoms with Crippen molar-refractivity contribution in [2.75, 3.05) is 34.6 Å². The van der Waals surface area contributed by atoms with E-state index in [0.29, 0.717) is 31.5 Å². The van der Waals surface area contributed by atoms with Gasteiger partial charge in [0.2, 0.25) is 11.8 Å². The maximum Gasteiger partial charge on any atom is 0.223 e. The number of ether oxygens (including phenoxy) is 1. The van der Waals surface area contributed by atoms with Gasteiger partial charge in [-0.1, -0.05) is 78.9 Å². The monoisotopic (exact) mass is 640 g/mol. The molecule has 5 aromatic rings. The molecule has 7 rings (SSSR count). The van der Waals surface area contributed by atoms with E-state index in [1.165, 1.54) is 6.92 Å². The zero-order valence-electron chi connectivity index (χ0n) is 25.2. The second kappa shape index (κ2) is 13.0. The van der Waals surface area contributed by atoms with Crippen molar-refractivity contribution in [1.29, 1.82) is 0 Å². The van der Waals surface area contributed by atoms with Gasteiger partial charge in [0.25, 0.3) is 0 Å². The van der Waals surface area contributed by atoms with Crippen LogP contribution in [0.2, 0.25) is 0 Å². The van der Waals surface area contributed by atoms with Crippen LogP contribution in [0.5, 0.6) is 11.5 Å². The van der Waals surface area contributed by atoms with E-state index in [-0.39, 0.29) is 29.4 Å². The molecule has 0 fully saturated rings. The lowest BCUT2D eigenvalue weighted by molar-refractivity contribution is -0.117. The number of phenols is 1. The Balaban J connectivity index is 0.000000167. The van der Waals surface area contributed by atoms with E-state index in [1.807, 2.05) is 77.7 Å². The maximum absolute atomic E-state index is 12.1. The fourth-order valence-corrected chi connectivity index (χ4v) is 7.05. The molecular formula is C37H34Cl2N2O4. The number of hydrogen-bond donors (Lipinski definition) is 1. The quantitative estimate of drug-likeness (QED) is 0.196. The van der Waals surface area contributed by atoms with E-state index in [4.69, 9.17) is 27.9 Å². The summed E-state index contributed by atoms with van der Waals surface area (Å²) in [6, 6.07) is 29.6. The average molecular weight is 642 g/mol. The Morgan fingerprint density at radius 1 is 0.711 bits per heavy atom. The minimum absolute atomic E-state index is 0.0245. The minimum Gasteiger partial charge on any atom is -0.507 e. The van der Waals surface area contributed by atoms with E-state index >= 15 is 0 Å². The topological polar surface area (TPSA) is 70.1 Å². The molecule has 0 saturated carbocycles. The number of carbonyl (C=O) groups excluding carboxylic acids is 2. The first-order valence-electron chi connectivity index (χ1n) is 15.0. The number of amides is 2. The number of benzene rings is 5. The summed E-state index contributed by atoms with van der Waals surface area (Å²) in [5.74, 6) is 2.22. The van der Waals surface area contributed by atoms with Crippen LogP contribution in [0.25, 0.3) is 21.5 Å². The van der Waals surface area contributed by atoms with Crippen molar-refractivity contribution in [3.8, 4) is 11.5 Å². The standard InChI is InChI=1S/C22H20ClNO2.C15H14ClNO2/c1-15(25)24-13-17(12-23)22-19-10-6-5-9-18(19)21(11-20(22)24)26-14-16-7-3-2-4-8-16;1-9(18)17-8-10(7-16)15-12-5-3-2-4-11(12)14(19)6-13(15)17/h2-11,17H,12-14H2,1H3;2-6,10,19H,7-8H2,1H3/t17-;10-/m11/s1. The maximum atomic E-state index is 12.1. The summed E-state index contributed by atoms with van der Waals surface area (Å²) < 4.78 is 6.16. The van der Waals surface area contributed by atoms with Crippen LogP contribution >= 0.6 is 23.2 Å². The number of fused-ring (bicyclic) bond motifs is 6. The van der Waals surface area contributed by atoms with Crippen LogP contribution in [0.1, 0.15) is 42.4 Å². The first-order chi connectivity index (χ1) is 21.8. The molecule has 2 aliphatic heterocycles. The molecule has 2 atom stereocenters. The Bertz CT molecular complexity index is 1900. The van der Waals surface area contributed by atoms with E-state index in [2.05, 4.69) is 12.1 Å². The molecule has 230 valence electrons. The summed E-state index contributed by atoms with van der Waals surface area (Å²) in [7, 11) is 0. The molecule has 2 heterocycles. The lowest BCUT2D eigenvalue weighted by atomic mass is 9.95. The normalized spacial score (nSPS) is 16.7. The average Bonchev–Trinajstić information content (AvgIpc) is 3.63. The van der Waals surface area contributed by atoms with Gasteiger partial charge in [-0.2, -0.15) is 0 Å². The number of phenolic OH excluding ortho intramolecular Hbond substituents is 1. The van der Waals surface area contributed by atoms with Crippen molar-refractivity contribution in [2.45, 2.75) is 32.3 Å². The van der Waals surface area contributed by atoms with E-state index in [1.54, 1.807) is 17.9 Å². The first-order valence-corrected chi connectivity index (χ1v) is 16.0. The Morgan fingerprint density at radius 2 is 1.18 bits per heavy atom. The number of rotatable bonds is 5. The molecule has 0 aliphatic carbocycles. The molecule has 0 saturated heterocycles. The van der Waals surface area contributed by atoms with Gasteiger partial charge in [-0.05, 0) is 27.5 Å². The van der Waals surface area contributed by atoms with Gasteiger partial charge in [0.15, 0.2) is 0 Å². The highest BCUT2D eigenvalue weighted by molar-refractivity contribution is 6.19. The number of nitrogens with zero attached hydrogens (tertiary/aromatic N) is 2. The highest BCUT2D eigenvalue weighted by Gasteiger charge is 2.34.